The average Bonchev–Trinajstić information content (AvgIpc) is 2.65. The van der Waals surface area contributed by atoms with Crippen molar-refractivity contribution in [2.24, 2.45) is 0 Å². The minimum Gasteiger partial charge on any atom is -0.463 e. The van der Waals surface area contributed by atoms with Gasteiger partial charge in [0.05, 0.1) is 33.8 Å². The van der Waals surface area contributed by atoms with Crippen LogP contribution in [0.3, 0.4) is 0 Å². The van der Waals surface area contributed by atoms with Gasteiger partial charge in [0.15, 0.2) is 0 Å². The number of rotatable bonds is 8. The van der Waals surface area contributed by atoms with Gasteiger partial charge < -0.3 is 14.3 Å². The molecule has 0 heterocycles. The van der Waals surface area contributed by atoms with Crippen LogP contribution >= 0.6 is 0 Å². The van der Waals surface area contributed by atoms with Gasteiger partial charge in [-0.25, -0.2) is 4.79 Å². The second kappa shape index (κ2) is 8.28. The molecule has 0 aromatic heterocycles. The molecular weight excluding hydrogens is 314 g/mol. The molecule has 0 amide bonds. The van der Waals surface area contributed by atoms with E-state index in [4.69, 9.17) is 4.74 Å². The maximum atomic E-state index is 12.8. The number of hydrogen-bond donors (Lipinski definition) is 1. The Bertz CT molecular complexity index is 629. The van der Waals surface area contributed by atoms with Crippen molar-refractivity contribution in [3.63, 3.8) is 0 Å². The zero-order valence-corrected chi connectivity index (χ0v) is 15.3. The summed E-state index contributed by atoms with van der Waals surface area (Å²) in [7, 11) is 4.29. The summed E-state index contributed by atoms with van der Waals surface area (Å²) in [5, 5.41) is 11.2. The van der Waals surface area contributed by atoms with Crippen LogP contribution in [0.15, 0.2) is 60.7 Å². The highest BCUT2D eigenvalue weighted by Gasteiger charge is 2.41. The molecule has 0 fully saturated rings. The summed E-state index contributed by atoms with van der Waals surface area (Å²) in [6.07, 6.45) is 0.756. The smallest absolute Gasteiger partial charge is 0.347 e. The minimum atomic E-state index is -1.79. The Hall–Kier alpha value is -2.17. The molecule has 0 saturated carbocycles. The van der Waals surface area contributed by atoms with Crippen molar-refractivity contribution in [1.82, 2.24) is 0 Å². The van der Waals surface area contributed by atoms with Gasteiger partial charge in [-0.2, -0.15) is 0 Å². The van der Waals surface area contributed by atoms with Crippen LogP contribution in [0.1, 0.15) is 24.5 Å². The molecule has 0 aliphatic carbocycles. The highest BCUT2D eigenvalue weighted by Crippen LogP contribution is 2.31. The average molecular weight is 342 g/mol. The third kappa shape index (κ3) is 4.68. The van der Waals surface area contributed by atoms with E-state index in [9.17, 15) is 9.90 Å². The summed E-state index contributed by atoms with van der Waals surface area (Å²) in [6.45, 7) is 4.36. The van der Waals surface area contributed by atoms with Crippen molar-refractivity contribution in [3.05, 3.63) is 71.8 Å². The lowest BCUT2D eigenvalue weighted by atomic mass is 9.86. The van der Waals surface area contributed by atoms with E-state index in [1.54, 1.807) is 48.5 Å². The van der Waals surface area contributed by atoms with Gasteiger partial charge >= 0.3 is 5.97 Å². The number of aliphatic hydroxyl groups is 1. The molecule has 4 nitrogen and oxygen atoms in total. The predicted octanol–water partition coefficient (Wildman–Crippen LogP) is 2.95. The zero-order chi connectivity index (χ0) is 18.3. The number of nitrogens with zero attached hydrogens (tertiary/aromatic N) is 1. The van der Waals surface area contributed by atoms with E-state index < -0.39 is 11.6 Å². The second-order valence-electron chi connectivity index (χ2n) is 6.91. The van der Waals surface area contributed by atoms with Gasteiger partial charge in [-0.05, 0) is 18.1 Å². The molecule has 4 heteroatoms. The lowest BCUT2D eigenvalue weighted by Gasteiger charge is -2.29. The fourth-order valence-electron chi connectivity index (χ4n) is 2.68. The summed E-state index contributed by atoms with van der Waals surface area (Å²) in [6, 6.07) is 17.9. The number of benzene rings is 2. The highest BCUT2D eigenvalue weighted by atomic mass is 16.5. The Morgan fingerprint density at radius 1 is 1.00 bits per heavy atom. The van der Waals surface area contributed by atoms with Crippen LogP contribution in [0.4, 0.5) is 0 Å². The molecule has 2 rings (SSSR count). The summed E-state index contributed by atoms with van der Waals surface area (Å²) in [4.78, 5) is 12.8. The Morgan fingerprint density at radius 2 is 1.48 bits per heavy atom. The van der Waals surface area contributed by atoms with E-state index in [2.05, 4.69) is 21.0 Å². The molecule has 2 aromatic rings. The molecule has 0 atom stereocenters. The fourth-order valence-corrected chi connectivity index (χ4v) is 2.68. The summed E-state index contributed by atoms with van der Waals surface area (Å²) in [5.74, 6) is -0.633. The van der Waals surface area contributed by atoms with Gasteiger partial charge in [0.1, 0.15) is 0 Å². The van der Waals surface area contributed by atoms with Crippen LogP contribution in [0.25, 0.3) is 0 Å². The Balaban J connectivity index is 2.15. The number of quaternary nitrogens is 1. The molecule has 2 aromatic carbocycles. The van der Waals surface area contributed by atoms with E-state index in [0.29, 0.717) is 17.7 Å². The van der Waals surface area contributed by atoms with Crippen LogP contribution in [0.5, 0.6) is 0 Å². The van der Waals surface area contributed by atoms with Crippen molar-refractivity contribution < 1.29 is 19.1 Å². The topological polar surface area (TPSA) is 46.5 Å². The summed E-state index contributed by atoms with van der Waals surface area (Å²) < 4.78 is 6.33. The molecule has 0 bridgehead atoms. The largest absolute Gasteiger partial charge is 0.463 e. The van der Waals surface area contributed by atoms with Gasteiger partial charge in [0, 0.05) is 6.42 Å². The Kier molecular flexibility index (Phi) is 6.34. The van der Waals surface area contributed by atoms with E-state index >= 15 is 0 Å². The maximum absolute atomic E-state index is 12.8. The van der Waals surface area contributed by atoms with E-state index in [1.807, 2.05) is 12.1 Å². The van der Waals surface area contributed by atoms with Crippen molar-refractivity contribution in [1.29, 1.82) is 0 Å². The number of hydrogen-bond acceptors (Lipinski definition) is 3. The molecular formula is C21H28NO3+. The molecule has 0 aliphatic rings. The van der Waals surface area contributed by atoms with Crippen LogP contribution in [0.2, 0.25) is 0 Å². The first kappa shape index (κ1) is 19.2. The Morgan fingerprint density at radius 3 is 1.92 bits per heavy atom. The zero-order valence-electron chi connectivity index (χ0n) is 15.3. The lowest BCUT2D eigenvalue weighted by Crippen LogP contribution is -2.41. The lowest BCUT2D eigenvalue weighted by molar-refractivity contribution is -0.888. The molecule has 0 saturated heterocycles. The second-order valence-corrected chi connectivity index (χ2v) is 6.91. The van der Waals surface area contributed by atoms with Gasteiger partial charge in [0.25, 0.3) is 0 Å². The van der Waals surface area contributed by atoms with Crippen LogP contribution in [0, 0.1) is 0 Å². The van der Waals surface area contributed by atoms with E-state index in [1.165, 1.54) is 0 Å². The first-order valence-electron chi connectivity index (χ1n) is 8.73. The molecule has 0 aliphatic heterocycles. The summed E-state index contributed by atoms with van der Waals surface area (Å²) >= 11 is 0. The van der Waals surface area contributed by atoms with Gasteiger partial charge in [-0.3, -0.25) is 0 Å². The van der Waals surface area contributed by atoms with E-state index in [0.717, 1.165) is 24.0 Å². The standard InChI is InChI=1S/C21H28NO3/c1-4-22(2,3)16-11-17-25-20(23)21(24,18-12-7-5-8-13-18)19-14-9-6-10-15-19/h5-10,12-15,24H,4,11,16-17H2,1-3H3/q+1. The highest BCUT2D eigenvalue weighted by molar-refractivity contribution is 5.85. The quantitative estimate of drug-likeness (QED) is 0.456. The van der Waals surface area contributed by atoms with Crippen molar-refractivity contribution in [2.45, 2.75) is 18.9 Å². The monoisotopic (exact) mass is 342 g/mol. The van der Waals surface area contributed by atoms with Gasteiger partial charge in [-0.15, -0.1) is 0 Å². The molecule has 25 heavy (non-hydrogen) atoms. The van der Waals surface area contributed by atoms with Gasteiger partial charge in [0.2, 0.25) is 5.60 Å². The van der Waals surface area contributed by atoms with Crippen LogP contribution in [-0.2, 0) is 15.1 Å². The maximum Gasteiger partial charge on any atom is 0.347 e. The summed E-state index contributed by atoms with van der Waals surface area (Å²) in [5.41, 5.74) is -0.774. The molecule has 0 spiro atoms. The first-order chi connectivity index (χ1) is 11.9. The third-order valence-electron chi connectivity index (χ3n) is 4.68. The fraction of sp³-hybridized carbons (Fsp3) is 0.381. The minimum absolute atomic E-state index is 0.294. The number of carbonyl (C=O) groups is 1. The van der Waals surface area contributed by atoms with Crippen molar-refractivity contribution in [2.75, 3.05) is 33.8 Å². The molecule has 0 unspecified atom stereocenters. The number of ether oxygens (including phenoxy) is 1. The number of esters is 1. The van der Waals surface area contributed by atoms with Crippen LogP contribution < -0.4 is 0 Å². The SMILES string of the molecule is CC[N+](C)(C)CCCOC(=O)C(O)(c1ccccc1)c1ccccc1. The molecule has 1 N–H and O–H groups in total. The van der Waals surface area contributed by atoms with E-state index in [-0.39, 0.29) is 0 Å². The molecule has 0 radical (unpaired) electrons. The predicted molar refractivity (Wildman–Crippen MR) is 99.0 cm³/mol. The van der Waals surface area contributed by atoms with Crippen LogP contribution in [-0.4, -0.2) is 49.4 Å². The number of carbonyl (C=O) groups excluding carboxylic acids is 1. The van der Waals surface area contributed by atoms with Crippen molar-refractivity contribution in [3.8, 4) is 0 Å². The third-order valence-corrected chi connectivity index (χ3v) is 4.68. The normalized spacial score (nSPS) is 12.0. The van der Waals surface area contributed by atoms with Crippen molar-refractivity contribution >= 4 is 5.97 Å². The first-order valence-corrected chi connectivity index (χ1v) is 8.73. The Labute approximate surface area is 150 Å². The molecule has 134 valence electrons. The van der Waals surface area contributed by atoms with Gasteiger partial charge in [-0.1, -0.05) is 60.7 Å².